The summed E-state index contributed by atoms with van der Waals surface area (Å²) in [5.41, 5.74) is 2.59. The minimum atomic E-state index is -0.667. The summed E-state index contributed by atoms with van der Waals surface area (Å²) in [6.45, 7) is 2.63. The molecule has 0 saturated carbocycles. The van der Waals surface area contributed by atoms with E-state index in [2.05, 4.69) is 27.1 Å². The second kappa shape index (κ2) is 7.56. The van der Waals surface area contributed by atoms with Crippen LogP contribution in [0.25, 0.3) is 22.6 Å². The predicted octanol–water partition coefficient (Wildman–Crippen LogP) is 3.43. The molecule has 0 bridgehead atoms. The quantitative estimate of drug-likeness (QED) is 0.526. The van der Waals surface area contributed by atoms with Crippen LogP contribution in [-0.4, -0.2) is 19.5 Å². The largest absolute Gasteiger partial charge is 0.349 e. The van der Waals surface area contributed by atoms with E-state index in [1.165, 1.54) is 5.56 Å². The lowest BCUT2D eigenvalue weighted by atomic mass is 10.1. The van der Waals surface area contributed by atoms with Gasteiger partial charge < -0.3 is 4.57 Å². The van der Waals surface area contributed by atoms with Crippen LogP contribution in [0.5, 0.6) is 0 Å². The standard InChI is InChI=1S/C21H19ClN4O2/c1-2-14-11-17-16(12-15(14)22)23-18-19(24-21(28)25-20(18)27)26(17)10-6-9-13-7-4-3-5-8-13/h3-5,7-8,11-12H,2,6,9-10H2,1H3,(H,25,27,28). The molecule has 0 aliphatic carbocycles. The van der Waals surface area contributed by atoms with Gasteiger partial charge in [0.1, 0.15) is 0 Å². The van der Waals surface area contributed by atoms with Crippen LogP contribution in [0.3, 0.4) is 0 Å². The Balaban J connectivity index is 1.86. The predicted molar refractivity (Wildman–Crippen MR) is 110 cm³/mol. The van der Waals surface area contributed by atoms with Crippen LogP contribution in [0.2, 0.25) is 5.02 Å². The molecule has 0 fully saturated rings. The summed E-state index contributed by atoms with van der Waals surface area (Å²) in [5.74, 6) is 0.304. The van der Waals surface area contributed by atoms with Gasteiger partial charge in [0.05, 0.1) is 11.0 Å². The van der Waals surface area contributed by atoms with Crippen molar-refractivity contribution in [2.45, 2.75) is 32.7 Å². The van der Waals surface area contributed by atoms with Gasteiger partial charge >= 0.3 is 5.69 Å². The van der Waals surface area contributed by atoms with Crippen molar-refractivity contribution in [2.75, 3.05) is 0 Å². The Morgan fingerprint density at radius 1 is 1.11 bits per heavy atom. The van der Waals surface area contributed by atoms with Gasteiger partial charge in [-0.1, -0.05) is 48.9 Å². The first-order chi connectivity index (χ1) is 13.6. The van der Waals surface area contributed by atoms with Crippen LogP contribution in [0.15, 0.2) is 52.1 Å². The third-order valence-corrected chi connectivity index (χ3v) is 5.20. The number of aromatic amines is 1. The molecule has 0 radical (unpaired) electrons. The first-order valence-corrected chi connectivity index (χ1v) is 9.61. The molecule has 0 spiro atoms. The summed E-state index contributed by atoms with van der Waals surface area (Å²) in [5, 5.41) is 0.613. The number of benzene rings is 2. The van der Waals surface area contributed by atoms with Gasteiger partial charge in [0.15, 0.2) is 11.5 Å². The van der Waals surface area contributed by atoms with Gasteiger partial charge in [0.2, 0.25) is 0 Å². The van der Waals surface area contributed by atoms with Gasteiger partial charge in [-0.3, -0.25) is 9.78 Å². The summed E-state index contributed by atoms with van der Waals surface area (Å²) >= 11 is 6.36. The normalized spacial score (nSPS) is 11.4. The average Bonchev–Trinajstić information content (AvgIpc) is 2.68. The number of rotatable bonds is 5. The van der Waals surface area contributed by atoms with E-state index < -0.39 is 11.2 Å². The number of hydrogen-bond donors (Lipinski definition) is 1. The Morgan fingerprint density at radius 3 is 2.64 bits per heavy atom. The van der Waals surface area contributed by atoms with Crippen molar-refractivity contribution >= 4 is 22.6 Å². The van der Waals surface area contributed by atoms with Gasteiger partial charge in [0.25, 0.3) is 5.56 Å². The Labute approximate surface area is 166 Å². The Hall–Kier alpha value is -2.99. The molecule has 6 nitrogen and oxygen atoms in total. The minimum Gasteiger partial charge on any atom is -0.322 e. The zero-order valence-corrected chi connectivity index (χ0v) is 16.2. The molecule has 1 N–H and O–H groups in total. The number of nitrogens with zero attached hydrogens (tertiary/aromatic N) is 3. The van der Waals surface area contributed by atoms with Gasteiger partial charge in [-0.05, 0) is 42.5 Å². The molecule has 2 aliphatic rings. The van der Waals surface area contributed by atoms with E-state index in [1.54, 1.807) is 6.07 Å². The summed E-state index contributed by atoms with van der Waals surface area (Å²) < 4.78 is 1.91. The maximum absolute atomic E-state index is 12.3. The minimum absolute atomic E-state index is 0.145. The summed E-state index contributed by atoms with van der Waals surface area (Å²) in [6, 6.07) is 13.9. The number of hydrogen-bond acceptors (Lipinski definition) is 4. The fourth-order valence-electron chi connectivity index (χ4n) is 3.44. The molecule has 0 aromatic heterocycles. The molecule has 28 heavy (non-hydrogen) atoms. The summed E-state index contributed by atoms with van der Waals surface area (Å²) in [4.78, 5) is 34.8. The van der Waals surface area contributed by atoms with E-state index in [1.807, 2.05) is 35.8 Å². The number of fused-ring (bicyclic) bond motifs is 2. The second-order valence-corrected chi connectivity index (χ2v) is 7.09. The van der Waals surface area contributed by atoms with Crippen molar-refractivity contribution in [3.63, 3.8) is 0 Å². The maximum atomic E-state index is 12.3. The molecule has 0 saturated heterocycles. The molecule has 2 heterocycles. The van der Waals surface area contributed by atoms with E-state index in [0.29, 0.717) is 22.9 Å². The molecule has 0 amide bonds. The molecular weight excluding hydrogens is 376 g/mol. The highest BCUT2D eigenvalue weighted by atomic mass is 35.5. The third-order valence-electron chi connectivity index (χ3n) is 4.85. The SMILES string of the molecule is CCc1cc2c(cc1Cl)nc1c(=O)[nH]c(=O)nc-1n2CCCc1ccccc1. The Kier molecular flexibility index (Phi) is 4.96. The van der Waals surface area contributed by atoms with Crippen LogP contribution in [0.1, 0.15) is 24.5 Å². The van der Waals surface area contributed by atoms with Crippen LogP contribution >= 0.6 is 11.6 Å². The highest BCUT2D eigenvalue weighted by molar-refractivity contribution is 6.32. The van der Waals surface area contributed by atoms with E-state index in [-0.39, 0.29) is 5.69 Å². The van der Waals surface area contributed by atoms with Gasteiger partial charge in [0, 0.05) is 11.6 Å². The van der Waals surface area contributed by atoms with Gasteiger partial charge in [-0.2, -0.15) is 4.98 Å². The monoisotopic (exact) mass is 394 g/mol. The van der Waals surface area contributed by atoms with Crippen LogP contribution in [0, 0.1) is 0 Å². The number of aryl methyl sites for hydroxylation is 3. The van der Waals surface area contributed by atoms with E-state index >= 15 is 0 Å². The summed E-state index contributed by atoms with van der Waals surface area (Å²) in [6.07, 6.45) is 2.48. The van der Waals surface area contributed by atoms with Gasteiger partial charge in [-0.25, -0.2) is 9.78 Å². The molecular formula is C21H19ClN4O2. The number of halogens is 1. The number of H-pyrrole nitrogens is 1. The Morgan fingerprint density at radius 2 is 1.89 bits per heavy atom. The van der Waals surface area contributed by atoms with Crippen LogP contribution in [0.4, 0.5) is 0 Å². The lowest BCUT2D eigenvalue weighted by Crippen LogP contribution is -2.29. The van der Waals surface area contributed by atoms with E-state index in [4.69, 9.17) is 11.6 Å². The first kappa shape index (κ1) is 18.4. The third kappa shape index (κ3) is 3.43. The Bertz CT molecular complexity index is 1230. The topological polar surface area (TPSA) is 80.6 Å². The fourth-order valence-corrected chi connectivity index (χ4v) is 3.73. The highest BCUT2D eigenvalue weighted by Gasteiger charge is 2.19. The average molecular weight is 395 g/mol. The van der Waals surface area contributed by atoms with Gasteiger partial charge in [-0.15, -0.1) is 0 Å². The molecule has 0 unspecified atom stereocenters. The molecule has 2 aromatic carbocycles. The van der Waals surface area contributed by atoms with Crippen molar-refractivity contribution in [1.29, 1.82) is 0 Å². The molecule has 142 valence electrons. The second-order valence-electron chi connectivity index (χ2n) is 6.68. The molecule has 2 aliphatic heterocycles. The number of nitrogens with one attached hydrogen (secondary N) is 1. The summed E-state index contributed by atoms with van der Waals surface area (Å²) in [7, 11) is 0. The maximum Gasteiger partial charge on any atom is 0.349 e. The lowest BCUT2D eigenvalue weighted by molar-refractivity contribution is 0.648. The van der Waals surface area contributed by atoms with Crippen molar-refractivity contribution in [3.05, 3.63) is 79.5 Å². The van der Waals surface area contributed by atoms with Crippen molar-refractivity contribution in [1.82, 2.24) is 19.5 Å². The molecule has 2 aromatic rings. The fraction of sp³-hybridized carbons (Fsp3) is 0.238. The molecule has 0 atom stereocenters. The van der Waals surface area contributed by atoms with Crippen LogP contribution < -0.4 is 11.2 Å². The molecule has 7 heteroatoms. The first-order valence-electron chi connectivity index (χ1n) is 9.23. The smallest absolute Gasteiger partial charge is 0.322 e. The van der Waals surface area contributed by atoms with Crippen molar-refractivity contribution in [2.24, 2.45) is 0 Å². The zero-order chi connectivity index (χ0) is 19.7. The van der Waals surface area contributed by atoms with Crippen LogP contribution in [-0.2, 0) is 19.4 Å². The zero-order valence-electron chi connectivity index (χ0n) is 15.4. The van der Waals surface area contributed by atoms with E-state index in [9.17, 15) is 9.59 Å². The lowest BCUT2D eigenvalue weighted by Gasteiger charge is -2.18. The van der Waals surface area contributed by atoms with E-state index in [0.717, 1.165) is 30.3 Å². The van der Waals surface area contributed by atoms with Crippen molar-refractivity contribution in [3.8, 4) is 11.5 Å². The molecule has 4 rings (SSSR count). The number of aromatic nitrogens is 4. The van der Waals surface area contributed by atoms with Crippen molar-refractivity contribution < 1.29 is 0 Å². The highest BCUT2D eigenvalue weighted by Crippen LogP contribution is 2.27.